The number of fused-ring (bicyclic) bond motifs is 2. The van der Waals surface area contributed by atoms with Crippen molar-refractivity contribution in [3.8, 4) is 17.2 Å². The number of rotatable bonds is 4. The Hall–Kier alpha value is -2.20. The summed E-state index contributed by atoms with van der Waals surface area (Å²) in [6.07, 6.45) is 3.60. The second-order valence-corrected chi connectivity index (χ2v) is 6.06. The Labute approximate surface area is 136 Å². The summed E-state index contributed by atoms with van der Waals surface area (Å²) in [5, 5.41) is 3.68. The van der Waals surface area contributed by atoms with Crippen LogP contribution in [0.3, 0.4) is 0 Å². The van der Waals surface area contributed by atoms with E-state index in [0.29, 0.717) is 11.8 Å². The van der Waals surface area contributed by atoms with Gasteiger partial charge >= 0.3 is 0 Å². The highest BCUT2D eigenvalue weighted by molar-refractivity contribution is 5.55. The molecule has 120 valence electrons. The molecule has 1 atom stereocenters. The molecule has 4 rings (SSSR count). The van der Waals surface area contributed by atoms with Gasteiger partial charge in [0, 0.05) is 12.6 Å². The molecule has 0 aromatic heterocycles. The summed E-state index contributed by atoms with van der Waals surface area (Å²) >= 11 is 0. The molecule has 0 saturated carbocycles. The van der Waals surface area contributed by atoms with E-state index in [9.17, 15) is 0 Å². The number of methoxy groups -OCH3 is 1. The number of hydrogen-bond donors (Lipinski definition) is 1. The summed E-state index contributed by atoms with van der Waals surface area (Å²) < 4.78 is 16.4. The zero-order chi connectivity index (χ0) is 15.6. The summed E-state index contributed by atoms with van der Waals surface area (Å²) in [6.45, 7) is 1.05. The lowest BCUT2D eigenvalue weighted by molar-refractivity contribution is 0.171. The molecule has 1 N–H and O–H groups in total. The number of hydrogen-bond acceptors (Lipinski definition) is 4. The van der Waals surface area contributed by atoms with Crippen LogP contribution in [-0.4, -0.2) is 13.9 Å². The summed E-state index contributed by atoms with van der Waals surface area (Å²) in [5.74, 6) is 2.21. The Bertz CT molecular complexity index is 714. The van der Waals surface area contributed by atoms with Crippen LogP contribution in [0, 0.1) is 0 Å². The number of ether oxygens (including phenoxy) is 3. The third kappa shape index (κ3) is 2.75. The fourth-order valence-electron chi connectivity index (χ4n) is 3.49. The molecule has 0 fully saturated rings. The van der Waals surface area contributed by atoms with Gasteiger partial charge in [-0.15, -0.1) is 0 Å². The maximum absolute atomic E-state index is 5.50. The van der Waals surface area contributed by atoms with Gasteiger partial charge in [0.25, 0.3) is 0 Å². The SMILES string of the molecule is COc1cc(CN[C@H]2CCCc3ccccc32)cc2c1OCO2. The lowest BCUT2D eigenvalue weighted by Gasteiger charge is -2.26. The zero-order valence-corrected chi connectivity index (χ0v) is 13.3. The lowest BCUT2D eigenvalue weighted by Crippen LogP contribution is -2.24. The van der Waals surface area contributed by atoms with E-state index in [4.69, 9.17) is 14.2 Å². The molecule has 2 aromatic carbocycles. The molecule has 2 aromatic rings. The van der Waals surface area contributed by atoms with Crippen molar-refractivity contribution in [2.45, 2.75) is 31.8 Å². The van der Waals surface area contributed by atoms with Gasteiger partial charge in [0.1, 0.15) is 0 Å². The van der Waals surface area contributed by atoms with Crippen LogP contribution in [0.5, 0.6) is 17.2 Å². The van der Waals surface area contributed by atoms with Gasteiger partial charge < -0.3 is 19.5 Å². The van der Waals surface area contributed by atoms with Gasteiger partial charge in [-0.1, -0.05) is 24.3 Å². The highest BCUT2D eigenvalue weighted by Gasteiger charge is 2.22. The van der Waals surface area contributed by atoms with Crippen LogP contribution < -0.4 is 19.5 Å². The first-order valence-electron chi connectivity index (χ1n) is 8.13. The fourth-order valence-corrected chi connectivity index (χ4v) is 3.49. The quantitative estimate of drug-likeness (QED) is 0.936. The van der Waals surface area contributed by atoms with Gasteiger partial charge in [-0.25, -0.2) is 0 Å². The van der Waals surface area contributed by atoms with E-state index in [1.165, 1.54) is 30.4 Å². The average molecular weight is 311 g/mol. The Morgan fingerprint density at radius 3 is 3.04 bits per heavy atom. The first-order chi connectivity index (χ1) is 11.3. The van der Waals surface area contributed by atoms with Crippen LogP contribution in [0.4, 0.5) is 0 Å². The van der Waals surface area contributed by atoms with Crippen molar-refractivity contribution in [1.82, 2.24) is 5.32 Å². The minimum absolute atomic E-state index is 0.262. The van der Waals surface area contributed by atoms with Crippen LogP contribution in [0.25, 0.3) is 0 Å². The average Bonchev–Trinajstić information content (AvgIpc) is 3.07. The molecular formula is C19H21NO3. The van der Waals surface area contributed by atoms with Crippen LogP contribution >= 0.6 is 0 Å². The highest BCUT2D eigenvalue weighted by atomic mass is 16.7. The molecule has 0 bridgehead atoms. The van der Waals surface area contributed by atoms with Crippen LogP contribution in [0.15, 0.2) is 36.4 Å². The summed E-state index contributed by atoms with van der Waals surface area (Å²) in [7, 11) is 1.66. The second-order valence-electron chi connectivity index (χ2n) is 6.06. The van der Waals surface area contributed by atoms with E-state index in [-0.39, 0.29) is 6.79 Å². The standard InChI is InChI=1S/C19H21NO3/c1-21-17-9-13(10-18-19(17)23-12-22-18)11-20-16-8-4-6-14-5-2-3-7-15(14)16/h2-3,5,7,9-10,16,20H,4,6,8,11-12H2,1H3/t16-/m0/s1. The van der Waals surface area contributed by atoms with Gasteiger partial charge in [-0.3, -0.25) is 0 Å². The molecule has 23 heavy (non-hydrogen) atoms. The highest BCUT2D eigenvalue weighted by Crippen LogP contribution is 2.42. The van der Waals surface area contributed by atoms with E-state index in [1.54, 1.807) is 7.11 Å². The van der Waals surface area contributed by atoms with Crippen molar-refractivity contribution in [1.29, 1.82) is 0 Å². The van der Waals surface area contributed by atoms with Crippen molar-refractivity contribution >= 4 is 0 Å². The van der Waals surface area contributed by atoms with Gasteiger partial charge in [-0.2, -0.15) is 0 Å². The van der Waals surface area contributed by atoms with Gasteiger partial charge in [0.05, 0.1) is 7.11 Å². The first-order valence-corrected chi connectivity index (χ1v) is 8.13. The van der Waals surface area contributed by atoms with Gasteiger partial charge in [-0.05, 0) is 48.1 Å². The smallest absolute Gasteiger partial charge is 0.231 e. The first kappa shape index (κ1) is 14.4. The van der Waals surface area contributed by atoms with E-state index in [1.807, 2.05) is 12.1 Å². The number of benzene rings is 2. The largest absolute Gasteiger partial charge is 0.493 e. The van der Waals surface area contributed by atoms with Gasteiger partial charge in [0.2, 0.25) is 12.5 Å². The second kappa shape index (κ2) is 6.13. The van der Waals surface area contributed by atoms with Crippen LogP contribution in [0.2, 0.25) is 0 Å². The maximum Gasteiger partial charge on any atom is 0.231 e. The molecule has 0 amide bonds. The summed E-state index contributed by atoms with van der Waals surface area (Å²) in [6, 6.07) is 13.2. The molecule has 4 heteroatoms. The number of aryl methyl sites for hydroxylation is 1. The van der Waals surface area contributed by atoms with E-state index < -0.39 is 0 Å². The molecule has 0 saturated heterocycles. The Morgan fingerprint density at radius 1 is 1.22 bits per heavy atom. The Morgan fingerprint density at radius 2 is 2.13 bits per heavy atom. The molecular weight excluding hydrogens is 290 g/mol. The topological polar surface area (TPSA) is 39.7 Å². The van der Waals surface area contributed by atoms with Crippen molar-refractivity contribution in [2.75, 3.05) is 13.9 Å². The molecule has 4 nitrogen and oxygen atoms in total. The molecule has 1 heterocycles. The molecule has 0 radical (unpaired) electrons. The van der Waals surface area contributed by atoms with Crippen molar-refractivity contribution < 1.29 is 14.2 Å². The zero-order valence-electron chi connectivity index (χ0n) is 13.3. The van der Waals surface area contributed by atoms with Crippen molar-refractivity contribution in [3.63, 3.8) is 0 Å². The summed E-state index contributed by atoms with van der Waals surface area (Å²) in [4.78, 5) is 0. The van der Waals surface area contributed by atoms with Crippen molar-refractivity contribution in [3.05, 3.63) is 53.1 Å². The van der Waals surface area contributed by atoms with Crippen molar-refractivity contribution in [2.24, 2.45) is 0 Å². The Kier molecular flexibility index (Phi) is 3.83. The van der Waals surface area contributed by atoms with Crippen LogP contribution in [-0.2, 0) is 13.0 Å². The Balaban J connectivity index is 1.52. The minimum atomic E-state index is 0.262. The summed E-state index contributed by atoms with van der Waals surface area (Å²) in [5.41, 5.74) is 4.06. The number of nitrogens with one attached hydrogen (secondary N) is 1. The van der Waals surface area contributed by atoms with Crippen LogP contribution in [0.1, 0.15) is 35.6 Å². The minimum Gasteiger partial charge on any atom is -0.493 e. The van der Waals surface area contributed by atoms with E-state index in [0.717, 1.165) is 23.6 Å². The third-order valence-electron chi connectivity index (χ3n) is 4.64. The maximum atomic E-state index is 5.50. The van der Waals surface area contributed by atoms with Gasteiger partial charge in [0.15, 0.2) is 11.5 Å². The van der Waals surface area contributed by atoms with E-state index in [2.05, 4.69) is 29.6 Å². The molecule has 1 aliphatic heterocycles. The monoisotopic (exact) mass is 311 g/mol. The normalized spacial score (nSPS) is 18.6. The molecule has 0 unspecified atom stereocenters. The predicted octanol–water partition coefficient (Wildman–Crippen LogP) is 3.59. The van der Waals surface area contributed by atoms with E-state index >= 15 is 0 Å². The molecule has 2 aliphatic rings. The predicted molar refractivity (Wildman–Crippen MR) is 88.1 cm³/mol. The third-order valence-corrected chi connectivity index (χ3v) is 4.64. The lowest BCUT2D eigenvalue weighted by atomic mass is 9.87. The molecule has 1 aliphatic carbocycles. The fraction of sp³-hybridized carbons (Fsp3) is 0.368. The molecule has 0 spiro atoms.